The molecule has 1 aromatic carbocycles. The number of rotatable bonds is 2. The van der Waals surface area contributed by atoms with Crippen molar-refractivity contribution in [1.82, 2.24) is 4.90 Å². The molecule has 0 saturated carbocycles. The second kappa shape index (κ2) is 7.61. The molecular weight excluding hydrogens is 410 g/mol. The van der Waals surface area contributed by atoms with Crippen molar-refractivity contribution in [3.63, 3.8) is 0 Å². The molecular formula is C22H24ClNO6. The highest BCUT2D eigenvalue weighted by atomic mass is 35.5. The summed E-state index contributed by atoms with van der Waals surface area (Å²) in [4.78, 5) is 38.9. The monoisotopic (exact) mass is 433 g/mol. The normalized spacial score (nSPS) is 18.5. The number of hydrogen-bond acceptors (Lipinski definition) is 6. The van der Waals surface area contributed by atoms with Crippen molar-refractivity contribution in [2.45, 2.75) is 64.5 Å². The van der Waals surface area contributed by atoms with Gasteiger partial charge in [-0.05, 0) is 64.5 Å². The second-order valence-electron chi connectivity index (χ2n) is 8.73. The molecule has 1 aliphatic heterocycles. The van der Waals surface area contributed by atoms with Gasteiger partial charge in [0.15, 0.2) is 5.75 Å². The predicted octanol–water partition coefficient (Wildman–Crippen LogP) is 4.24. The summed E-state index contributed by atoms with van der Waals surface area (Å²) in [6.07, 6.45) is 2.99. The number of carbonyl (C=O) groups is 2. The van der Waals surface area contributed by atoms with Crippen LogP contribution in [-0.2, 0) is 22.4 Å². The summed E-state index contributed by atoms with van der Waals surface area (Å²) in [6.45, 7) is 5.73. The Morgan fingerprint density at radius 2 is 1.90 bits per heavy atom. The van der Waals surface area contributed by atoms with E-state index in [2.05, 4.69) is 0 Å². The largest absolute Gasteiger partial charge is 0.444 e. The van der Waals surface area contributed by atoms with Gasteiger partial charge in [-0.25, -0.2) is 14.4 Å². The molecule has 2 aromatic rings. The van der Waals surface area contributed by atoms with Crippen molar-refractivity contribution in [3.05, 3.63) is 38.7 Å². The number of fused-ring (bicyclic) bond motifs is 3. The van der Waals surface area contributed by atoms with Crippen molar-refractivity contribution >= 4 is 34.6 Å². The van der Waals surface area contributed by atoms with Crippen LogP contribution in [0.2, 0.25) is 5.02 Å². The lowest BCUT2D eigenvalue weighted by molar-refractivity contribution is -0.139. The van der Waals surface area contributed by atoms with Gasteiger partial charge in [0.1, 0.15) is 17.2 Å². The van der Waals surface area contributed by atoms with E-state index in [0.29, 0.717) is 37.0 Å². The topological polar surface area (TPSA) is 86.1 Å². The quantitative estimate of drug-likeness (QED) is 0.400. The van der Waals surface area contributed by atoms with Gasteiger partial charge in [-0.1, -0.05) is 11.6 Å². The number of ether oxygens (including phenoxy) is 2. The van der Waals surface area contributed by atoms with E-state index >= 15 is 0 Å². The molecule has 8 heteroatoms. The zero-order valence-electron chi connectivity index (χ0n) is 17.2. The molecule has 4 rings (SSSR count). The highest BCUT2D eigenvalue weighted by molar-refractivity contribution is 6.33. The Morgan fingerprint density at radius 3 is 2.63 bits per heavy atom. The first-order valence-electron chi connectivity index (χ1n) is 10.1. The van der Waals surface area contributed by atoms with Crippen LogP contribution in [0.15, 0.2) is 21.3 Å². The summed E-state index contributed by atoms with van der Waals surface area (Å²) in [5.41, 5.74) is 0.966. The van der Waals surface area contributed by atoms with Gasteiger partial charge in [-0.2, -0.15) is 0 Å². The van der Waals surface area contributed by atoms with Crippen molar-refractivity contribution in [2.75, 3.05) is 6.54 Å². The third-order valence-electron chi connectivity index (χ3n) is 5.39. The predicted molar refractivity (Wildman–Crippen MR) is 111 cm³/mol. The van der Waals surface area contributed by atoms with Crippen molar-refractivity contribution < 1.29 is 23.5 Å². The minimum Gasteiger partial charge on any atom is -0.444 e. The van der Waals surface area contributed by atoms with Gasteiger partial charge >= 0.3 is 17.7 Å². The van der Waals surface area contributed by atoms with Crippen LogP contribution in [0.1, 0.15) is 51.2 Å². The third-order valence-corrected chi connectivity index (χ3v) is 5.68. The number of esters is 1. The van der Waals surface area contributed by atoms with Crippen LogP contribution < -0.4 is 10.4 Å². The molecule has 1 unspecified atom stereocenters. The van der Waals surface area contributed by atoms with Gasteiger partial charge in [0, 0.05) is 23.6 Å². The van der Waals surface area contributed by atoms with E-state index in [1.807, 2.05) is 0 Å². The molecule has 2 aliphatic rings. The van der Waals surface area contributed by atoms with Gasteiger partial charge in [-0.3, -0.25) is 4.90 Å². The number of carbonyl (C=O) groups excluding carboxylic acids is 2. The van der Waals surface area contributed by atoms with Crippen molar-refractivity contribution in [1.29, 1.82) is 0 Å². The Labute approximate surface area is 178 Å². The Kier molecular flexibility index (Phi) is 5.26. The zero-order valence-corrected chi connectivity index (χ0v) is 18.0. The van der Waals surface area contributed by atoms with Crippen LogP contribution in [0.5, 0.6) is 5.75 Å². The SMILES string of the molecule is CC(C)(C)OC(=O)N1CCCC1C(=O)Oc1cc2oc(=O)c3c(c2cc1Cl)CCC3. The molecule has 1 aliphatic carbocycles. The maximum atomic E-state index is 12.8. The summed E-state index contributed by atoms with van der Waals surface area (Å²) in [6, 6.07) is 2.40. The average Bonchev–Trinajstić information content (AvgIpc) is 3.31. The average molecular weight is 434 g/mol. The molecule has 30 heavy (non-hydrogen) atoms. The molecule has 0 radical (unpaired) electrons. The van der Waals surface area contributed by atoms with E-state index in [4.69, 9.17) is 25.5 Å². The van der Waals surface area contributed by atoms with Gasteiger partial charge in [0.2, 0.25) is 0 Å². The molecule has 1 aromatic heterocycles. The lowest BCUT2D eigenvalue weighted by Crippen LogP contribution is -2.44. The van der Waals surface area contributed by atoms with E-state index in [1.54, 1.807) is 26.8 Å². The molecule has 0 N–H and O–H groups in total. The van der Waals surface area contributed by atoms with E-state index in [0.717, 1.165) is 23.8 Å². The molecule has 1 atom stereocenters. The number of halogens is 1. The highest BCUT2D eigenvalue weighted by Gasteiger charge is 2.38. The first-order chi connectivity index (χ1) is 14.1. The molecule has 2 heterocycles. The smallest absolute Gasteiger partial charge is 0.411 e. The molecule has 160 valence electrons. The van der Waals surface area contributed by atoms with Gasteiger partial charge in [0.05, 0.1) is 5.02 Å². The highest BCUT2D eigenvalue weighted by Crippen LogP contribution is 2.35. The number of hydrogen-bond donors (Lipinski definition) is 0. The lowest BCUT2D eigenvalue weighted by Gasteiger charge is -2.27. The standard InChI is InChI=1S/C22H24ClNO6/c1-22(2,3)30-21(27)24-9-5-8-16(24)20(26)29-18-11-17-14(10-15(18)23)12-6-4-7-13(12)19(25)28-17/h10-11,16H,4-9H2,1-3H3. The van der Waals surface area contributed by atoms with Crippen LogP contribution in [-0.4, -0.2) is 35.2 Å². The number of amides is 1. The molecule has 1 fully saturated rings. The number of aryl methyl sites for hydroxylation is 1. The minimum absolute atomic E-state index is 0.103. The first-order valence-corrected chi connectivity index (χ1v) is 10.5. The van der Waals surface area contributed by atoms with Crippen LogP contribution >= 0.6 is 11.6 Å². The molecule has 1 amide bonds. The maximum absolute atomic E-state index is 12.8. The van der Waals surface area contributed by atoms with Gasteiger partial charge in [0.25, 0.3) is 0 Å². The Hall–Kier alpha value is -2.54. The Morgan fingerprint density at radius 1 is 1.17 bits per heavy atom. The molecule has 7 nitrogen and oxygen atoms in total. The van der Waals surface area contributed by atoms with Crippen molar-refractivity contribution in [2.24, 2.45) is 0 Å². The van der Waals surface area contributed by atoms with E-state index < -0.39 is 23.7 Å². The second-order valence-corrected chi connectivity index (χ2v) is 9.14. The first kappa shape index (κ1) is 20.7. The van der Waals surface area contributed by atoms with Gasteiger partial charge < -0.3 is 13.9 Å². The van der Waals surface area contributed by atoms with Gasteiger partial charge in [-0.15, -0.1) is 0 Å². The van der Waals surface area contributed by atoms with Crippen LogP contribution in [0.4, 0.5) is 4.79 Å². The van der Waals surface area contributed by atoms with Crippen LogP contribution in [0.3, 0.4) is 0 Å². The summed E-state index contributed by atoms with van der Waals surface area (Å²) in [7, 11) is 0. The Balaban J connectivity index is 1.58. The van der Waals surface area contributed by atoms with Crippen LogP contribution in [0, 0.1) is 0 Å². The Bertz CT molecular complexity index is 1080. The zero-order chi connectivity index (χ0) is 21.6. The van der Waals surface area contributed by atoms with E-state index in [1.165, 1.54) is 11.0 Å². The van der Waals surface area contributed by atoms with Crippen LogP contribution in [0.25, 0.3) is 11.0 Å². The fraction of sp³-hybridized carbons (Fsp3) is 0.500. The fourth-order valence-corrected chi connectivity index (χ4v) is 4.29. The number of likely N-dealkylation sites (tertiary alicyclic amines) is 1. The summed E-state index contributed by atoms with van der Waals surface area (Å²) < 4.78 is 16.3. The minimum atomic E-state index is -0.751. The summed E-state index contributed by atoms with van der Waals surface area (Å²) >= 11 is 6.38. The van der Waals surface area contributed by atoms with Crippen molar-refractivity contribution in [3.8, 4) is 5.75 Å². The summed E-state index contributed by atoms with van der Waals surface area (Å²) in [5, 5.41) is 1.02. The fourth-order valence-electron chi connectivity index (χ4n) is 4.09. The number of benzene rings is 1. The van der Waals surface area contributed by atoms with E-state index in [9.17, 15) is 14.4 Å². The lowest BCUT2D eigenvalue weighted by atomic mass is 10.1. The maximum Gasteiger partial charge on any atom is 0.411 e. The molecule has 1 saturated heterocycles. The third kappa shape index (κ3) is 3.90. The summed E-state index contributed by atoms with van der Waals surface area (Å²) in [5.74, 6) is -0.491. The van der Waals surface area contributed by atoms with E-state index in [-0.39, 0.29) is 16.4 Å². The number of nitrogens with zero attached hydrogens (tertiary/aromatic N) is 1. The molecule has 0 bridgehead atoms. The molecule has 0 spiro atoms.